The average Bonchev–Trinajstić information content (AvgIpc) is 2.35. The van der Waals surface area contributed by atoms with Gasteiger partial charge in [0.15, 0.2) is 0 Å². The lowest BCUT2D eigenvalue weighted by atomic mass is 10.1. The highest BCUT2D eigenvalue weighted by atomic mass is 14.7. The third-order valence-corrected chi connectivity index (χ3v) is 2.69. The summed E-state index contributed by atoms with van der Waals surface area (Å²) >= 11 is 0. The number of aromatic nitrogens is 1. The van der Waals surface area contributed by atoms with E-state index >= 15 is 0 Å². The van der Waals surface area contributed by atoms with Crippen LogP contribution in [0.5, 0.6) is 0 Å². The molecule has 0 aliphatic heterocycles. The molecule has 0 N–H and O–H groups in total. The minimum absolute atomic E-state index is 0.480. The first-order valence-electron chi connectivity index (χ1n) is 5.63. The zero-order chi connectivity index (χ0) is 11.4. The predicted molar refractivity (Wildman–Crippen MR) is 65.1 cm³/mol. The Balaban J connectivity index is 2.37. The van der Waals surface area contributed by atoms with Gasteiger partial charge in [0.1, 0.15) is 11.8 Å². The van der Waals surface area contributed by atoms with Gasteiger partial charge in [0.25, 0.3) is 0 Å². The lowest BCUT2D eigenvalue weighted by molar-refractivity contribution is 0.796. The molecule has 0 fully saturated rings. The van der Waals surface area contributed by atoms with Crippen LogP contribution in [0, 0.1) is 11.3 Å². The number of fused-ring (bicyclic) bond motifs is 1. The minimum atomic E-state index is 0.480. The molecule has 0 atom stereocenters. The third-order valence-electron chi connectivity index (χ3n) is 2.69. The summed E-state index contributed by atoms with van der Waals surface area (Å²) in [4.78, 5) is 4.25. The zero-order valence-electron chi connectivity index (χ0n) is 9.40. The van der Waals surface area contributed by atoms with Gasteiger partial charge in [0.2, 0.25) is 0 Å². The molecule has 2 heteroatoms. The Kier molecular flexibility index (Phi) is 3.16. The monoisotopic (exact) mass is 210 g/mol. The molecule has 0 spiro atoms. The van der Waals surface area contributed by atoms with E-state index < -0.39 is 0 Å². The molecule has 80 valence electrons. The van der Waals surface area contributed by atoms with E-state index in [0.717, 1.165) is 17.3 Å². The van der Waals surface area contributed by atoms with Crippen molar-refractivity contribution in [2.75, 3.05) is 0 Å². The molecule has 2 nitrogen and oxygen atoms in total. The maximum absolute atomic E-state index is 8.76. The van der Waals surface area contributed by atoms with Crippen LogP contribution in [0.3, 0.4) is 0 Å². The van der Waals surface area contributed by atoms with Gasteiger partial charge >= 0.3 is 0 Å². The molecule has 0 unspecified atom stereocenters. The number of rotatable bonds is 3. The second-order valence-corrected chi connectivity index (χ2v) is 3.94. The van der Waals surface area contributed by atoms with Crippen molar-refractivity contribution in [2.24, 2.45) is 0 Å². The largest absolute Gasteiger partial charge is 0.237 e. The topological polar surface area (TPSA) is 36.7 Å². The maximum Gasteiger partial charge on any atom is 0.141 e. The number of benzene rings is 1. The molecule has 16 heavy (non-hydrogen) atoms. The van der Waals surface area contributed by atoms with Crippen LogP contribution in [-0.2, 0) is 6.42 Å². The fourth-order valence-corrected chi connectivity index (χ4v) is 1.77. The first-order valence-corrected chi connectivity index (χ1v) is 5.63. The van der Waals surface area contributed by atoms with E-state index in [9.17, 15) is 0 Å². The molecule has 0 saturated carbocycles. The van der Waals surface area contributed by atoms with E-state index in [1.54, 1.807) is 6.07 Å². The van der Waals surface area contributed by atoms with Gasteiger partial charge in [0.05, 0.1) is 5.52 Å². The van der Waals surface area contributed by atoms with Crippen LogP contribution < -0.4 is 0 Å². The van der Waals surface area contributed by atoms with Crippen molar-refractivity contribution in [1.82, 2.24) is 4.98 Å². The Hall–Kier alpha value is -1.88. The number of pyridine rings is 1. The number of hydrogen-bond donors (Lipinski definition) is 0. The predicted octanol–water partition coefficient (Wildman–Crippen LogP) is 3.45. The summed E-state index contributed by atoms with van der Waals surface area (Å²) in [5.41, 5.74) is 2.73. The smallest absolute Gasteiger partial charge is 0.141 e. The molecule has 1 aromatic heterocycles. The highest BCUT2D eigenvalue weighted by molar-refractivity contribution is 5.79. The van der Waals surface area contributed by atoms with Gasteiger partial charge < -0.3 is 0 Å². The van der Waals surface area contributed by atoms with Crippen LogP contribution in [0.4, 0.5) is 0 Å². The van der Waals surface area contributed by atoms with Crippen LogP contribution in [0.2, 0.25) is 0 Å². The van der Waals surface area contributed by atoms with Crippen molar-refractivity contribution in [3.8, 4) is 6.07 Å². The summed E-state index contributed by atoms with van der Waals surface area (Å²) in [5, 5.41) is 9.87. The Morgan fingerprint density at radius 2 is 2.12 bits per heavy atom. The summed E-state index contributed by atoms with van der Waals surface area (Å²) in [6.45, 7) is 2.20. The Morgan fingerprint density at radius 1 is 1.25 bits per heavy atom. The highest BCUT2D eigenvalue weighted by Crippen LogP contribution is 2.16. The summed E-state index contributed by atoms with van der Waals surface area (Å²) in [6.07, 6.45) is 3.55. The van der Waals surface area contributed by atoms with E-state index in [4.69, 9.17) is 5.26 Å². The van der Waals surface area contributed by atoms with Crippen molar-refractivity contribution in [3.63, 3.8) is 0 Å². The number of aryl methyl sites for hydroxylation is 1. The van der Waals surface area contributed by atoms with Crippen LogP contribution >= 0.6 is 0 Å². The number of hydrogen-bond acceptors (Lipinski definition) is 2. The van der Waals surface area contributed by atoms with Crippen LogP contribution in [0.1, 0.15) is 31.0 Å². The normalized spacial score (nSPS) is 10.2. The second kappa shape index (κ2) is 4.76. The molecular formula is C14H14N2. The van der Waals surface area contributed by atoms with Crippen LogP contribution in [-0.4, -0.2) is 4.98 Å². The SMILES string of the molecule is CCCCc1ccc2nc(C#N)ccc2c1. The van der Waals surface area contributed by atoms with Crippen LogP contribution in [0.25, 0.3) is 10.9 Å². The van der Waals surface area contributed by atoms with Gasteiger partial charge in [-0.3, -0.25) is 0 Å². The van der Waals surface area contributed by atoms with Gasteiger partial charge in [-0.05, 0) is 42.7 Å². The molecule has 2 rings (SSSR count). The van der Waals surface area contributed by atoms with Gasteiger partial charge in [-0.25, -0.2) is 4.98 Å². The summed E-state index contributed by atoms with van der Waals surface area (Å²) < 4.78 is 0. The Morgan fingerprint density at radius 3 is 2.88 bits per heavy atom. The summed E-state index contributed by atoms with van der Waals surface area (Å²) in [7, 11) is 0. The van der Waals surface area contributed by atoms with E-state index in [1.807, 2.05) is 12.1 Å². The molecule has 1 heterocycles. The van der Waals surface area contributed by atoms with Crippen molar-refractivity contribution in [1.29, 1.82) is 5.26 Å². The zero-order valence-corrected chi connectivity index (χ0v) is 9.40. The second-order valence-electron chi connectivity index (χ2n) is 3.94. The number of unbranched alkanes of at least 4 members (excludes halogenated alkanes) is 1. The fraction of sp³-hybridized carbons (Fsp3) is 0.286. The van der Waals surface area contributed by atoms with Crippen LogP contribution in [0.15, 0.2) is 30.3 Å². The fourth-order valence-electron chi connectivity index (χ4n) is 1.77. The minimum Gasteiger partial charge on any atom is -0.237 e. The quantitative estimate of drug-likeness (QED) is 0.778. The van der Waals surface area contributed by atoms with E-state index in [2.05, 4.69) is 30.1 Å². The lowest BCUT2D eigenvalue weighted by Crippen LogP contribution is -1.88. The summed E-state index contributed by atoms with van der Waals surface area (Å²) in [5.74, 6) is 0. The lowest BCUT2D eigenvalue weighted by Gasteiger charge is -2.02. The van der Waals surface area contributed by atoms with Gasteiger partial charge in [-0.15, -0.1) is 0 Å². The maximum atomic E-state index is 8.76. The third kappa shape index (κ3) is 2.20. The van der Waals surface area contributed by atoms with Gasteiger partial charge in [-0.2, -0.15) is 5.26 Å². The molecule has 0 amide bonds. The standard InChI is InChI=1S/C14H14N2/c1-2-3-4-11-5-8-14-12(9-11)6-7-13(10-15)16-14/h5-9H,2-4H2,1H3. The first kappa shape index (κ1) is 10.6. The molecular weight excluding hydrogens is 196 g/mol. The molecule has 2 aromatic rings. The van der Waals surface area contributed by atoms with E-state index in [-0.39, 0.29) is 0 Å². The van der Waals surface area contributed by atoms with E-state index in [0.29, 0.717) is 5.69 Å². The Labute approximate surface area is 95.6 Å². The van der Waals surface area contributed by atoms with Crippen molar-refractivity contribution in [3.05, 3.63) is 41.6 Å². The molecule has 1 aromatic carbocycles. The first-order chi connectivity index (χ1) is 7.83. The van der Waals surface area contributed by atoms with E-state index in [1.165, 1.54) is 18.4 Å². The molecule has 0 aliphatic carbocycles. The van der Waals surface area contributed by atoms with Crippen molar-refractivity contribution in [2.45, 2.75) is 26.2 Å². The number of nitrogens with zero attached hydrogens (tertiary/aromatic N) is 2. The highest BCUT2D eigenvalue weighted by Gasteiger charge is 1.99. The molecule has 0 aliphatic rings. The average molecular weight is 210 g/mol. The Bertz CT molecular complexity index is 538. The van der Waals surface area contributed by atoms with Gasteiger partial charge in [0, 0.05) is 5.39 Å². The molecule has 0 saturated heterocycles. The van der Waals surface area contributed by atoms with Gasteiger partial charge in [-0.1, -0.05) is 19.4 Å². The summed E-state index contributed by atoms with van der Waals surface area (Å²) in [6, 6.07) is 12.1. The van der Waals surface area contributed by atoms with Crippen molar-refractivity contribution < 1.29 is 0 Å². The molecule has 0 radical (unpaired) electrons. The van der Waals surface area contributed by atoms with Crippen molar-refractivity contribution >= 4 is 10.9 Å². The number of nitriles is 1. The molecule has 0 bridgehead atoms.